The Morgan fingerprint density at radius 1 is 1.12 bits per heavy atom. The van der Waals surface area contributed by atoms with Gasteiger partial charge in [0, 0.05) is 19.0 Å². The average molecular weight is 461 g/mol. The van der Waals surface area contributed by atoms with Crippen LogP contribution in [0.25, 0.3) is 11.2 Å². The fourth-order valence-corrected chi connectivity index (χ4v) is 4.43. The molecular formula is C25H25FN6O2. The molecular weight excluding hydrogens is 435 g/mol. The van der Waals surface area contributed by atoms with Crippen molar-refractivity contribution in [3.63, 3.8) is 0 Å². The number of H-pyrrole nitrogens is 1. The molecule has 2 aromatic carbocycles. The first kappa shape index (κ1) is 21.9. The quantitative estimate of drug-likeness (QED) is 0.494. The van der Waals surface area contributed by atoms with Crippen LogP contribution < -0.4 is 5.56 Å². The van der Waals surface area contributed by atoms with Crippen LogP contribution in [0.15, 0.2) is 53.3 Å². The van der Waals surface area contributed by atoms with Crippen molar-refractivity contribution in [1.29, 1.82) is 0 Å². The SMILES string of the molecule is Cc1ccccc1CC(=O)N1CCC(c2nc3c(nnn3Cc3ccc(F)cc3)c(=O)[nH]2)CC1. The number of aryl methyl sites for hydroxylation is 1. The molecule has 1 fully saturated rings. The van der Waals surface area contributed by atoms with Crippen LogP contribution in [0, 0.1) is 12.7 Å². The average Bonchev–Trinajstić information content (AvgIpc) is 3.25. The first-order chi connectivity index (χ1) is 16.5. The van der Waals surface area contributed by atoms with Crippen LogP contribution in [0.3, 0.4) is 0 Å². The number of fused-ring (bicyclic) bond motifs is 1. The Hall–Kier alpha value is -3.88. The zero-order valence-corrected chi connectivity index (χ0v) is 18.9. The van der Waals surface area contributed by atoms with Gasteiger partial charge in [-0.05, 0) is 48.6 Å². The summed E-state index contributed by atoms with van der Waals surface area (Å²) in [6.45, 7) is 3.58. The van der Waals surface area contributed by atoms with Gasteiger partial charge in [-0.1, -0.05) is 41.6 Å². The maximum atomic E-state index is 13.2. The van der Waals surface area contributed by atoms with E-state index in [-0.39, 0.29) is 28.7 Å². The van der Waals surface area contributed by atoms with E-state index in [1.54, 1.807) is 16.8 Å². The molecule has 1 amide bonds. The number of nitrogens with zero attached hydrogens (tertiary/aromatic N) is 5. The first-order valence-electron chi connectivity index (χ1n) is 11.4. The van der Waals surface area contributed by atoms with Gasteiger partial charge >= 0.3 is 0 Å². The van der Waals surface area contributed by atoms with Crippen LogP contribution in [-0.4, -0.2) is 48.9 Å². The summed E-state index contributed by atoms with van der Waals surface area (Å²) in [6.07, 6.45) is 1.83. The van der Waals surface area contributed by atoms with Crippen molar-refractivity contribution in [2.75, 3.05) is 13.1 Å². The summed E-state index contributed by atoms with van der Waals surface area (Å²) >= 11 is 0. The van der Waals surface area contributed by atoms with E-state index >= 15 is 0 Å². The molecule has 5 rings (SSSR count). The minimum atomic E-state index is -0.330. The number of hydrogen-bond donors (Lipinski definition) is 1. The van der Waals surface area contributed by atoms with E-state index in [4.69, 9.17) is 0 Å². The molecule has 8 nitrogen and oxygen atoms in total. The summed E-state index contributed by atoms with van der Waals surface area (Å²) in [5.74, 6) is 0.430. The predicted octanol–water partition coefficient (Wildman–Crippen LogP) is 2.96. The lowest BCUT2D eigenvalue weighted by atomic mass is 9.95. The molecule has 0 radical (unpaired) electrons. The summed E-state index contributed by atoms with van der Waals surface area (Å²) in [4.78, 5) is 34.9. The van der Waals surface area contributed by atoms with E-state index in [0.717, 1.165) is 16.7 Å². The van der Waals surface area contributed by atoms with Gasteiger partial charge in [0.25, 0.3) is 5.56 Å². The summed E-state index contributed by atoms with van der Waals surface area (Å²) in [5, 5.41) is 8.06. The maximum absolute atomic E-state index is 13.2. The standard InChI is InChI=1S/C25H25FN6O2/c1-16-4-2-3-5-19(16)14-21(33)31-12-10-18(11-13-31)23-27-24-22(25(34)28-23)29-30-32(24)15-17-6-8-20(26)9-7-17/h2-9,18H,10-15H2,1H3,(H,27,28,34). The van der Waals surface area contributed by atoms with E-state index in [9.17, 15) is 14.0 Å². The van der Waals surface area contributed by atoms with Crippen LogP contribution in [0.1, 0.15) is 41.3 Å². The van der Waals surface area contributed by atoms with Gasteiger partial charge in [0.05, 0.1) is 13.0 Å². The number of nitrogens with one attached hydrogen (secondary N) is 1. The molecule has 174 valence electrons. The van der Waals surface area contributed by atoms with Crippen molar-refractivity contribution < 1.29 is 9.18 Å². The number of hydrogen-bond acceptors (Lipinski definition) is 5. The lowest BCUT2D eigenvalue weighted by Gasteiger charge is -2.31. The van der Waals surface area contributed by atoms with E-state index in [1.807, 2.05) is 36.1 Å². The molecule has 0 unspecified atom stereocenters. The van der Waals surface area contributed by atoms with Gasteiger partial charge < -0.3 is 9.88 Å². The molecule has 3 heterocycles. The molecule has 0 aliphatic carbocycles. The molecule has 4 aromatic rings. The number of amides is 1. The Balaban J connectivity index is 1.30. The molecule has 1 aliphatic heterocycles. The third-order valence-electron chi connectivity index (χ3n) is 6.47. The molecule has 9 heteroatoms. The molecule has 0 bridgehead atoms. The Morgan fingerprint density at radius 3 is 2.59 bits per heavy atom. The van der Waals surface area contributed by atoms with Crippen molar-refractivity contribution in [2.24, 2.45) is 0 Å². The molecule has 0 atom stereocenters. The Bertz CT molecular complexity index is 1390. The van der Waals surface area contributed by atoms with Gasteiger partial charge in [-0.3, -0.25) is 9.59 Å². The number of carbonyl (C=O) groups is 1. The van der Waals surface area contributed by atoms with Crippen molar-refractivity contribution in [1.82, 2.24) is 29.9 Å². The number of benzene rings is 2. The highest BCUT2D eigenvalue weighted by atomic mass is 19.1. The van der Waals surface area contributed by atoms with Crippen molar-refractivity contribution >= 4 is 17.1 Å². The molecule has 34 heavy (non-hydrogen) atoms. The molecule has 0 spiro atoms. The van der Waals surface area contributed by atoms with Crippen LogP contribution >= 0.6 is 0 Å². The summed E-state index contributed by atoms with van der Waals surface area (Å²) in [6, 6.07) is 14.0. The van der Waals surface area contributed by atoms with E-state index < -0.39 is 0 Å². The second-order valence-corrected chi connectivity index (χ2v) is 8.76. The molecule has 2 aromatic heterocycles. The number of piperidine rings is 1. The van der Waals surface area contributed by atoms with Crippen LogP contribution in [-0.2, 0) is 17.8 Å². The van der Waals surface area contributed by atoms with Crippen LogP contribution in [0.4, 0.5) is 4.39 Å². The highest BCUT2D eigenvalue weighted by molar-refractivity contribution is 5.79. The number of halogens is 1. The second-order valence-electron chi connectivity index (χ2n) is 8.76. The van der Waals surface area contributed by atoms with Gasteiger partial charge in [0.2, 0.25) is 5.91 Å². The number of likely N-dealkylation sites (tertiary alicyclic amines) is 1. The molecule has 1 N–H and O–H groups in total. The van der Waals surface area contributed by atoms with Gasteiger partial charge in [0.15, 0.2) is 11.2 Å². The monoisotopic (exact) mass is 460 g/mol. The number of aromatic nitrogens is 5. The van der Waals surface area contributed by atoms with Crippen molar-refractivity contribution in [3.05, 3.63) is 87.2 Å². The summed E-state index contributed by atoms with van der Waals surface area (Å²) < 4.78 is 14.8. The smallest absolute Gasteiger partial charge is 0.281 e. The lowest BCUT2D eigenvalue weighted by Crippen LogP contribution is -2.39. The van der Waals surface area contributed by atoms with Crippen molar-refractivity contribution in [3.8, 4) is 0 Å². The van der Waals surface area contributed by atoms with Crippen LogP contribution in [0.2, 0.25) is 0 Å². The Labute approximate surface area is 195 Å². The minimum absolute atomic E-state index is 0.0359. The third-order valence-corrected chi connectivity index (χ3v) is 6.47. The van der Waals surface area contributed by atoms with Crippen molar-refractivity contribution in [2.45, 2.75) is 38.6 Å². The first-order valence-corrected chi connectivity index (χ1v) is 11.4. The van der Waals surface area contributed by atoms with E-state index in [1.165, 1.54) is 12.1 Å². The number of carbonyl (C=O) groups excluding carboxylic acids is 1. The zero-order chi connectivity index (χ0) is 23.7. The number of rotatable bonds is 5. The van der Waals surface area contributed by atoms with E-state index in [2.05, 4.69) is 20.3 Å². The Kier molecular flexibility index (Phi) is 5.91. The largest absolute Gasteiger partial charge is 0.342 e. The fourth-order valence-electron chi connectivity index (χ4n) is 4.43. The third kappa shape index (κ3) is 4.46. The molecule has 1 aliphatic rings. The maximum Gasteiger partial charge on any atom is 0.281 e. The van der Waals surface area contributed by atoms with Gasteiger partial charge in [-0.15, -0.1) is 5.10 Å². The van der Waals surface area contributed by atoms with Gasteiger partial charge in [-0.25, -0.2) is 14.1 Å². The molecule has 1 saturated heterocycles. The van der Waals surface area contributed by atoms with Gasteiger partial charge in [0.1, 0.15) is 11.6 Å². The minimum Gasteiger partial charge on any atom is -0.342 e. The van der Waals surface area contributed by atoms with Gasteiger partial charge in [-0.2, -0.15) is 0 Å². The second kappa shape index (κ2) is 9.17. The van der Waals surface area contributed by atoms with Crippen LogP contribution in [0.5, 0.6) is 0 Å². The highest BCUT2D eigenvalue weighted by Crippen LogP contribution is 2.26. The lowest BCUT2D eigenvalue weighted by molar-refractivity contribution is -0.131. The summed E-state index contributed by atoms with van der Waals surface area (Å²) in [5.41, 5.74) is 3.25. The number of aromatic amines is 1. The predicted molar refractivity (Wildman–Crippen MR) is 125 cm³/mol. The zero-order valence-electron chi connectivity index (χ0n) is 18.9. The summed E-state index contributed by atoms with van der Waals surface area (Å²) in [7, 11) is 0. The normalized spacial score (nSPS) is 14.6. The van der Waals surface area contributed by atoms with E-state index in [0.29, 0.717) is 50.4 Å². The fraction of sp³-hybridized carbons (Fsp3) is 0.320. The topological polar surface area (TPSA) is 96.8 Å². The Morgan fingerprint density at radius 2 is 1.85 bits per heavy atom. The molecule has 0 saturated carbocycles. The highest BCUT2D eigenvalue weighted by Gasteiger charge is 2.26.